The number of Topliss-reactive ketones (excluding diaryl/α,β-unsaturated/α-hetero) is 1. The van der Waals surface area contributed by atoms with Crippen LogP contribution in [0.15, 0.2) is 81.3 Å². The Bertz CT molecular complexity index is 1110. The molecule has 0 bridgehead atoms. The summed E-state index contributed by atoms with van der Waals surface area (Å²) in [6, 6.07) is 19.8. The highest BCUT2D eigenvalue weighted by Gasteiger charge is 2.19. The van der Waals surface area contributed by atoms with Crippen molar-refractivity contribution in [1.82, 2.24) is 0 Å². The van der Waals surface area contributed by atoms with Crippen molar-refractivity contribution >= 4 is 28.1 Å². The smallest absolute Gasteiger partial charge is 0.235 e. The Hall–Kier alpha value is -3.18. The normalized spacial score (nSPS) is 10.8. The van der Waals surface area contributed by atoms with Gasteiger partial charge in [-0.15, -0.1) is 11.3 Å². The lowest BCUT2D eigenvalue weighted by Gasteiger charge is -2.11. The minimum Gasteiger partial charge on any atom is -0.478 e. The standard InChI is InChI=1S/C21H14O4S/c22-16(18-11-6-12-26-18)13-24-21-19(23)15-9-4-5-10-17(15)25-20(21)14-7-2-1-3-8-14/h1-12H,13H2. The van der Waals surface area contributed by atoms with Gasteiger partial charge in [0.05, 0.1) is 10.3 Å². The minimum atomic E-state index is -0.287. The number of carbonyl (C=O) groups is 1. The zero-order chi connectivity index (χ0) is 17.9. The highest BCUT2D eigenvalue weighted by atomic mass is 32.1. The maximum atomic E-state index is 12.9. The molecule has 0 saturated carbocycles. The molecule has 2 aromatic carbocycles. The molecule has 2 aromatic heterocycles. The first-order valence-electron chi connectivity index (χ1n) is 8.05. The summed E-state index contributed by atoms with van der Waals surface area (Å²) in [5, 5.41) is 2.25. The molecule has 0 unspecified atom stereocenters. The van der Waals surface area contributed by atoms with Gasteiger partial charge in [0.15, 0.2) is 12.4 Å². The van der Waals surface area contributed by atoms with Crippen LogP contribution >= 0.6 is 11.3 Å². The highest BCUT2D eigenvalue weighted by Crippen LogP contribution is 2.30. The topological polar surface area (TPSA) is 56.5 Å². The zero-order valence-corrected chi connectivity index (χ0v) is 14.5. The van der Waals surface area contributed by atoms with E-state index in [1.165, 1.54) is 11.3 Å². The van der Waals surface area contributed by atoms with Gasteiger partial charge < -0.3 is 9.15 Å². The molecule has 0 aliphatic heterocycles. The SMILES string of the molecule is O=C(COc1c(-c2ccccc2)oc2ccccc2c1=O)c1cccs1. The van der Waals surface area contributed by atoms with Crippen LogP contribution in [-0.4, -0.2) is 12.4 Å². The number of para-hydroxylation sites is 1. The maximum Gasteiger partial charge on any atom is 0.235 e. The van der Waals surface area contributed by atoms with E-state index in [2.05, 4.69) is 0 Å². The van der Waals surface area contributed by atoms with Crippen LogP contribution in [0.4, 0.5) is 0 Å². The third-order valence-corrected chi connectivity index (χ3v) is 4.85. The van der Waals surface area contributed by atoms with Crippen LogP contribution in [0.1, 0.15) is 9.67 Å². The monoisotopic (exact) mass is 362 g/mol. The Morgan fingerprint density at radius 2 is 1.73 bits per heavy atom. The summed E-state index contributed by atoms with van der Waals surface area (Å²) in [5.74, 6) is 0.208. The number of ether oxygens (including phenoxy) is 1. The van der Waals surface area contributed by atoms with Crippen molar-refractivity contribution in [2.45, 2.75) is 0 Å². The molecule has 0 radical (unpaired) electrons. The van der Waals surface area contributed by atoms with Crippen LogP contribution in [-0.2, 0) is 0 Å². The molecule has 2 heterocycles. The molecule has 0 amide bonds. The van der Waals surface area contributed by atoms with Crippen LogP contribution in [0.2, 0.25) is 0 Å². The largest absolute Gasteiger partial charge is 0.478 e. The molecule has 0 aliphatic carbocycles. The molecule has 26 heavy (non-hydrogen) atoms. The summed E-state index contributed by atoms with van der Waals surface area (Å²) < 4.78 is 11.6. The Kier molecular flexibility index (Phi) is 4.37. The fourth-order valence-corrected chi connectivity index (χ4v) is 3.33. The van der Waals surface area contributed by atoms with Crippen LogP contribution in [0.5, 0.6) is 5.75 Å². The first-order chi connectivity index (χ1) is 12.7. The lowest BCUT2D eigenvalue weighted by molar-refractivity contribution is 0.0924. The molecule has 0 atom stereocenters. The molecule has 5 heteroatoms. The lowest BCUT2D eigenvalue weighted by Crippen LogP contribution is -2.16. The molecule has 0 aliphatic rings. The van der Waals surface area contributed by atoms with Crippen molar-refractivity contribution in [2.24, 2.45) is 0 Å². The summed E-state index contributed by atoms with van der Waals surface area (Å²) in [4.78, 5) is 25.8. The molecule has 4 aromatic rings. The average molecular weight is 362 g/mol. The summed E-state index contributed by atoms with van der Waals surface area (Å²) in [7, 11) is 0. The zero-order valence-electron chi connectivity index (χ0n) is 13.7. The third kappa shape index (κ3) is 3.05. The van der Waals surface area contributed by atoms with Crippen LogP contribution in [0.25, 0.3) is 22.3 Å². The Morgan fingerprint density at radius 1 is 0.962 bits per heavy atom. The molecule has 0 fully saturated rings. The fraction of sp³-hybridized carbons (Fsp3) is 0.0476. The van der Waals surface area contributed by atoms with Gasteiger partial charge in [-0.25, -0.2) is 0 Å². The van der Waals surface area contributed by atoms with Crippen molar-refractivity contribution in [3.63, 3.8) is 0 Å². The van der Waals surface area contributed by atoms with Crippen LogP contribution in [0.3, 0.4) is 0 Å². The van der Waals surface area contributed by atoms with E-state index in [1.54, 1.807) is 36.4 Å². The number of fused-ring (bicyclic) bond motifs is 1. The molecule has 128 valence electrons. The van der Waals surface area contributed by atoms with E-state index in [0.717, 1.165) is 0 Å². The van der Waals surface area contributed by atoms with Crippen molar-refractivity contribution in [3.8, 4) is 17.1 Å². The summed E-state index contributed by atoms with van der Waals surface area (Å²) in [6.07, 6.45) is 0. The summed E-state index contributed by atoms with van der Waals surface area (Å²) in [5.41, 5.74) is 0.909. The second-order valence-corrected chi connectivity index (χ2v) is 6.59. The van der Waals surface area contributed by atoms with Gasteiger partial charge >= 0.3 is 0 Å². The van der Waals surface area contributed by atoms with Crippen molar-refractivity contribution in [2.75, 3.05) is 6.61 Å². The van der Waals surface area contributed by atoms with Crippen molar-refractivity contribution in [1.29, 1.82) is 0 Å². The lowest BCUT2D eigenvalue weighted by atomic mass is 10.1. The maximum absolute atomic E-state index is 12.9. The molecule has 0 N–H and O–H groups in total. The van der Waals surface area contributed by atoms with E-state index in [0.29, 0.717) is 27.2 Å². The van der Waals surface area contributed by atoms with Crippen molar-refractivity contribution < 1.29 is 13.9 Å². The van der Waals surface area contributed by atoms with Gasteiger partial charge in [0.2, 0.25) is 17.0 Å². The van der Waals surface area contributed by atoms with E-state index in [-0.39, 0.29) is 23.6 Å². The van der Waals surface area contributed by atoms with Gasteiger partial charge in [-0.3, -0.25) is 9.59 Å². The summed E-state index contributed by atoms with van der Waals surface area (Å²) >= 11 is 1.34. The number of carbonyl (C=O) groups excluding carboxylic acids is 1. The fourth-order valence-electron chi connectivity index (χ4n) is 2.68. The van der Waals surface area contributed by atoms with Crippen LogP contribution < -0.4 is 10.2 Å². The third-order valence-electron chi connectivity index (χ3n) is 3.94. The van der Waals surface area contributed by atoms with Gasteiger partial charge in [0.1, 0.15) is 5.58 Å². The second-order valence-electron chi connectivity index (χ2n) is 5.64. The van der Waals surface area contributed by atoms with E-state index in [1.807, 2.05) is 35.7 Å². The second kappa shape index (κ2) is 6.98. The molecule has 0 spiro atoms. The molecule has 0 saturated heterocycles. The van der Waals surface area contributed by atoms with Gasteiger partial charge in [0, 0.05) is 5.56 Å². The number of thiophene rings is 1. The Labute approximate surface area is 153 Å². The number of benzene rings is 2. The van der Waals surface area contributed by atoms with Gasteiger partial charge in [-0.2, -0.15) is 0 Å². The number of rotatable bonds is 5. The Balaban J connectivity index is 1.80. The molecular weight excluding hydrogens is 348 g/mol. The average Bonchev–Trinajstić information content (AvgIpc) is 3.22. The number of hydrogen-bond acceptors (Lipinski definition) is 5. The summed E-state index contributed by atoms with van der Waals surface area (Å²) in [6.45, 7) is -0.219. The Morgan fingerprint density at radius 3 is 2.50 bits per heavy atom. The van der Waals surface area contributed by atoms with Gasteiger partial charge in [0.25, 0.3) is 0 Å². The number of ketones is 1. The number of hydrogen-bond donors (Lipinski definition) is 0. The molecular formula is C21H14O4S. The van der Waals surface area contributed by atoms with E-state index < -0.39 is 0 Å². The van der Waals surface area contributed by atoms with Crippen LogP contribution in [0, 0.1) is 0 Å². The van der Waals surface area contributed by atoms with E-state index in [4.69, 9.17) is 9.15 Å². The molecule has 4 nitrogen and oxygen atoms in total. The highest BCUT2D eigenvalue weighted by molar-refractivity contribution is 7.12. The quantitative estimate of drug-likeness (QED) is 0.479. The minimum absolute atomic E-state index is 0.0554. The van der Waals surface area contributed by atoms with Crippen molar-refractivity contribution in [3.05, 3.63) is 87.2 Å². The first kappa shape index (κ1) is 16.3. The molecule has 4 rings (SSSR count). The van der Waals surface area contributed by atoms with Gasteiger partial charge in [-0.1, -0.05) is 48.5 Å². The predicted octanol–water partition coefficient (Wildman–Crippen LogP) is 4.78. The first-order valence-corrected chi connectivity index (χ1v) is 8.93. The predicted molar refractivity (Wildman–Crippen MR) is 102 cm³/mol. The van der Waals surface area contributed by atoms with E-state index >= 15 is 0 Å². The van der Waals surface area contributed by atoms with Gasteiger partial charge in [-0.05, 0) is 23.6 Å². The van der Waals surface area contributed by atoms with E-state index in [9.17, 15) is 9.59 Å².